The van der Waals surface area contributed by atoms with E-state index in [1.165, 1.54) is 26.4 Å². The highest BCUT2D eigenvalue weighted by Gasteiger charge is 2.37. The molecule has 1 saturated carbocycles. The molecule has 2 fully saturated rings. The lowest BCUT2D eigenvalue weighted by Gasteiger charge is -2.41. The number of para-hydroxylation sites is 1. The predicted octanol–water partition coefficient (Wildman–Crippen LogP) is 4.50. The molecule has 3 heterocycles. The Hall–Kier alpha value is -3.43. The van der Waals surface area contributed by atoms with Crippen LogP contribution in [0.3, 0.4) is 0 Å². The van der Waals surface area contributed by atoms with Gasteiger partial charge in [0.25, 0.3) is 5.56 Å². The lowest BCUT2D eigenvalue weighted by Crippen LogP contribution is -2.55. The van der Waals surface area contributed by atoms with Crippen LogP contribution in [0.1, 0.15) is 59.3 Å². The molecule has 8 nitrogen and oxygen atoms in total. The van der Waals surface area contributed by atoms with E-state index in [1.807, 2.05) is 47.4 Å². The normalized spacial score (nSPS) is 17.9. The van der Waals surface area contributed by atoms with Crippen molar-refractivity contribution in [3.63, 3.8) is 0 Å². The molecule has 1 aliphatic carbocycles. The molecule has 3 aliphatic rings. The average molecular weight is 587 g/mol. The van der Waals surface area contributed by atoms with E-state index in [0.29, 0.717) is 35.9 Å². The summed E-state index contributed by atoms with van der Waals surface area (Å²) >= 11 is 1.75. The number of aromatic nitrogens is 2. The molecule has 220 valence electrons. The van der Waals surface area contributed by atoms with Crippen molar-refractivity contribution in [3.8, 4) is 5.69 Å². The molecule has 9 heteroatoms. The third-order valence-electron chi connectivity index (χ3n) is 8.75. The SMILES string of the molecule is COC(=O)c1ccc(CCN2CC(C(=O)N3CCc4nc(SC5CCCCC5)n(-c5ccccc5)c(=O)c4C3)C2)cc1. The fourth-order valence-electron chi connectivity index (χ4n) is 6.24. The summed E-state index contributed by atoms with van der Waals surface area (Å²) in [7, 11) is 1.38. The number of thioether (sulfide) groups is 1. The molecule has 1 amide bonds. The molecule has 0 bridgehead atoms. The average Bonchev–Trinajstić information content (AvgIpc) is 3.01. The maximum Gasteiger partial charge on any atom is 0.337 e. The number of esters is 1. The molecular weight excluding hydrogens is 548 g/mol. The number of carbonyl (C=O) groups excluding carboxylic acids is 2. The summed E-state index contributed by atoms with van der Waals surface area (Å²) in [6.45, 7) is 3.24. The third-order valence-corrected chi connectivity index (χ3v) is 10.0. The lowest BCUT2D eigenvalue weighted by atomic mass is 9.96. The fraction of sp³-hybridized carbons (Fsp3) is 0.455. The van der Waals surface area contributed by atoms with Crippen molar-refractivity contribution in [2.24, 2.45) is 5.92 Å². The Morgan fingerprint density at radius 1 is 1.00 bits per heavy atom. The maximum atomic E-state index is 14.0. The molecule has 42 heavy (non-hydrogen) atoms. The minimum Gasteiger partial charge on any atom is -0.465 e. The summed E-state index contributed by atoms with van der Waals surface area (Å²) < 4.78 is 6.54. The molecule has 2 aromatic carbocycles. The van der Waals surface area contributed by atoms with Gasteiger partial charge >= 0.3 is 5.97 Å². The molecule has 0 unspecified atom stereocenters. The fourth-order valence-corrected chi connectivity index (χ4v) is 7.56. The van der Waals surface area contributed by atoms with Crippen LogP contribution in [0.4, 0.5) is 0 Å². The smallest absolute Gasteiger partial charge is 0.337 e. The number of amides is 1. The Bertz CT molecular complexity index is 1480. The first kappa shape index (κ1) is 28.7. The van der Waals surface area contributed by atoms with Crippen LogP contribution < -0.4 is 5.56 Å². The highest BCUT2D eigenvalue weighted by atomic mass is 32.2. The largest absolute Gasteiger partial charge is 0.465 e. The van der Waals surface area contributed by atoms with Crippen molar-refractivity contribution < 1.29 is 14.3 Å². The summed E-state index contributed by atoms with van der Waals surface area (Å²) in [6, 6.07) is 17.3. The first-order chi connectivity index (χ1) is 20.5. The second-order valence-corrected chi connectivity index (χ2v) is 12.8. The number of fused-ring (bicyclic) bond motifs is 1. The van der Waals surface area contributed by atoms with Crippen molar-refractivity contribution in [1.82, 2.24) is 19.4 Å². The Morgan fingerprint density at radius 2 is 1.74 bits per heavy atom. The van der Waals surface area contributed by atoms with E-state index in [0.717, 1.165) is 61.0 Å². The van der Waals surface area contributed by atoms with E-state index in [-0.39, 0.29) is 23.4 Å². The number of ether oxygens (including phenoxy) is 1. The van der Waals surface area contributed by atoms with Crippen LogP contribution in [0.15, 0.2) is 64.5 Å². The summed E-state index contributed by atoms with van der Waals surface area (Å²) in [5, 5.41) is 1.27. The van der Waals surface area contributed by atoms with Crippen LogP contribution in [0.25, 0.3) is 5.69 Å². The maximum absolute atomic E-state index is 14.0. The van der Waals surface area contributed by atoms with E-state index in [9.17, 15) is 14.4 Å². The summed E-state index contributed by atoms with van der Waals surface area (Å²) in [5.41, 5.74) is 3.97. The van der Waals surface area contributed by atoms with E-state index >= 15 is 0 Å². The zero-order valence-electron chi connectivity index (χ0n) is 24.2. The highest BCUT2D eigenvalue weighted by Crippen LogP contribution is 2.34. The number of likely N-dealkylation sites (tertiary alicyclic amines) is 1. The standard InChI is InChI=1S/C33H38N4O4S/c1-41-32(40)24-14-12-23(13-15-24)16-18-35-20-25(21-35)30(38)36-19-17-29-28(22-36)31(39)37(26-8-4-2-5-9-26)33(34-29)42-27-10-6-3-7-11-27/h2,4-5,8-9,12-15,25,27H,3,6-7,10-11,16-22H2,1H3. The number of carbonyl (C=O) groups is 2. The van der Waals surface area contributed by atoms with Crippen LogP contribution in [0, 0.1) is 5.92 Å². The minimum absolute atomic E-state index is 0.0429. The van der Waals surface area contributed by atoms with Gasteiger partial charge in [-0.3, -0.25) is 14.2 Å². The lowest BCUT2D eigenvalue weighted by molar-refractivity contribution is -0.142. The van der Waals surface area contributed by atoms with Gasteiger partial charge < -0.3 is 14.5 Å². The molecule has 0 radical (unpaired) electrons. The molecular formula is C33H38N4O4S. The van der Waals surface area contributed by atoms with Crippen molar-refractivity contribution >= 4 is 23.6 Å². The van der Waals surface area contributed by atoms with Crippen molar-refractivity contribution in [2.75, 3.05) is 33.3 Å². The van der Waals surface area contributed by atoms with Gasteiger partial charge in [0.05, 0.1) is 42.1 Å². The van der Waals surface area contributed by atoms with Crippen LogP contribution in [-0.4, -0.2) is 69.8 Å². The number of methoxy groups -OCH3 is 1. The van der Waals surface area contributed by atoms with Gasteiger partial charge in [0, 0.05) is 37.8 Å². The first-order valence-electron chi connectivity index (χ1n) is 15.1. The number of nitrogens with zero attached hydrogens (tertiary/aromatic N) is 4. The summed E-state index contributed by atoms with van der Waals surface area (Å²) in [6.07, 6.45) is 7.54. The van der Waals surface area contributed by atoms with Gasteiger partial charge in [-0.25, -0.2) is 9.78 Å². The molecule has 1 saturated heterocycles. The summed E-state index contributed by atoms with van der Waals surface area (Å²) in [5.74, 6) is -0.246. The Labute approximate surface area is 251 Å². The quantitative estimate of drug-likeness (QED) is 0.284. The van der Waals surface area contributed by atoms with Gasteiger partial charge in [0.1, 0.15) is 0 Å². The molecule has 2 aliphatic heterocycles. The van der Waals surface area contributed by atoms with Gasteiger partial charge in [-0.05, 0) is 49.1 Å². The van der Waals surface area contributed by atoms with E-state index < -0.39 is 0 Å². The highest BCUT2D eigenvalue weighted by molar-refractivity contribution is 7.99. The third kappa shape index (κ3) is 6.17. The zero-order valence-corrected chi connectivity index (χ0v) is 25.0. The number of hydrogen-bond acceptors (Lipinski definition) is 7. The van der Waals surface area contributed by atoms with Gasteiger partial charge in [0.15, 0.2) is 5.16 Å². The predicted molar refractivity (Wildman–Crippen MR) is 163 cm³/mol. The molecule has 0 N–H and O–H groups in total. The van der Waals surface area contributed by atoms with Gasteiger partial charge in [0.2, 0.25) is 5.91 Å². The van der Waals surface area contributed by atoms with Crippen molar-refractivity contribution in [2.45, 2.75) is 61.9 Å². The minimum atomic E-state index is -0.334. The van der Waals surface area contributed by atoms with Crippen LogP contribution >= 0.6 is 11.8 Å². The molecule has 6 rings (SSSR count). The van der Waals surface area contributed by atoms with Gasteiger partial charge in [-0.2, -0.15) is 0 Å². The van der Waals surface area contributed by atoms with Crippen LogP contribution in [0.5, 0.6) is 0 Å². The first-order valence-corrected chi connectivity index (χ1v) is 15.9. The van der Waals surface area contributed by atoms with Crippen molar-refractivity contribution in [1.29, 1.82) is 0 Å². The van der Waals surface area contributed by atoms with Crippen LogP contribution in [-0.2, 0) is 28.9 Å². The molecule has 1 aromatic heterocycles. The second-order valence-electron chi connectivity index (χ2n) is 11.6. The molecule has 3 aromatic rings. The Kier molecular flexibility index (Phi) is 8.76. The Morgan fingerprint density at radius 3 is 2.45 bits per heavy atom. The van der Waals surface area contributed by atoms with Gasteiger partial charge in [-0.15, -0.1) is 0 Å². The topological polar surface area (TPSA) is 84.7 Å². The zero-order chi connectivity index (χ0) is 29.1. The summed E-state index contributed by atoms with van der Waals surface area (Å²) in [4.78, 5) is 48.3. The van der Waals surface area contributed by atoms with Crippen LogP contribution in [0.2, 0.25) is 0 Å². The van der Waals surface area contributed by atoms with Crippen molar-refractivity contribution in [3.05, 3.63) is 87.3 Å². The Balaban J connectivity index is 1.10. The molecule has 0 atom stereocenters. The number of rotatable bonds is 8. The molecule has 0 spiro atoms. The van der Waals surface area contributed by atoms with E-state index in [1.54, 1.807) is 28.5 Å². The number of benzene rings is 2. The monoisotopic (exact) mass is 586 g/mol. The van der Waals surface area contributed by atoms with Gasteiger partial charge in [-0.1, -0.05) is 61.4 Å². The number of hydrogen-bond donors (Lipinski definition) is 0. The second kappa shape index (κ2) is 12.8. The van der Waals surface area contributed by atoms with E-state index in [2.05, 4.69) is 4.90 Å². The van der Waals surface area contributed by atoms with E-state index in [4.69, 9.17) is 9.72 Å².